The van der Waals surface area contributed by atoms with Gasteiger partial charge in [-0.1, -0.05) is 12.6 Å². The molecule has 0 spiro atoms. The number of rotatable bonds is 7. The normalized spacial score (nSPS) is 15.6. The summed E-state index contributed by atoms with van der Waals surface area (Å²) < 4.78 is 38.6. The summed E-state index contributed by atoms with van der Waals surface area (Å²) in [6.45, 7) is 6.27. The van der Waals surface area contributed by atoms with E-state index in [2.05, 4.69) is 11.9 Å². The number of carbonyl (C=O) groups is 2. The van der Waals surface area contributed by atoms with Gasteiger partial charge in [0.05, 0.1) is 36.1 Å². The highest BCUT2D eigenvalue weighted by atomic mass is 32.1. The highest BCUT2D eigenvalue weighted by molar-refractivity contribution is 7.18. The summed E-state index contributed by atoms with van der Waals surface area (Å²) in [4.78, 5) is 31.6. The summed E-state index contributed by atoms with van der Waals surface area (Å²) >= 11 is 1.37. The lowest BCUT2D eigenvalue weighted by Crippen LogP contribution is -2.40. The maximum Gasteiger partial charge on any atom is 0.251 e. The second-order valence-corrected chi connectivity index (χ2v) is 11.7. The Morgan fingerprint density at radius 3 is 2.82 bits per heavy atom. The van der Waals surface area contributed by atoms with Crippen molar-refractivity contribution >= 4 is 33.2 Å². The van der Waals surface area contributed by atoms with Crippen molar-refractivity contribution in [2.75, 3.05) is 19.8 Å². The molecule has 0 saturated carbocycles. The molecule has 9 nitrogen and oxygen atoms in total. The lowest BCUT2D eigenvalue weighted by Gasteiger charge is -2.33. The third-order valence-electron chi connectivity index (χ3n) is 8.25. The van der Waals surface area contributed by atoms with Gasteiger partial charge in [0.2, 0.25) is 5.91 Å². The lowest BCUT2D eigenvalue weighted by molar-refractivity contribution is -0.129. The van der Waals surface area contributed by atoms with Gasteiger partial charge in [0.1, 0.15) is 35.4 Å². The van der Waals surface area contributed by atoms with Crippen LogP contribution in [0.3, 0.4) is 0 Å². The smallest absolute Gasteiger partial charge is 0.251 e. The zero-order chi connectivity index (χ0) is 31.4. The number of amides is 2. The fraction of sp³-hybridized carbons (Fsp3) is 0.212. The van der Waals surface area contributed by atoms with Gasteiger partial charge in [-0.05, 0) is 48.2 Å². The van der Waals surface area contributed by atoms with Gasteiger partial charge in [0, 0.05) is 52.0 Å². The topological polar surface area (TPSA) is 110 Å². The fourth-order valence-corrected chi connectivity index (χ4v) is 7.09. The van der Waals surface area contributed by atoms with Gasteiger partial charge in [-0.25, -0.2) is 13.8 Å². The van der Waals surface area contributed by atoms with Crippen LogP contribution in [0.1, 0.15) is 34.6 Å². The number of nitrogens with zero attached hydrogens (tertiary/aromatic N) is 4. The summed E-state index contributed by atoms with van der Waals surface area (Å²) in [6.07, 6.45) is 1.28. The van der Waals surface area contributed by atoms with E-state index in [1.54, 1.807) is 11.0 Å². The van der Waals surface area contributed by atoms with Crippen molar-refractivity contribution in [2.45, 2.75) is 26.1 Å². The van der Waals surface area contributed by atoms with E-state index >= 15 is 4.39 Å². The standard InChI is InChI=1S/C33H27F2N5O4S/c1-3-27(42)39-7-8-40-25(17(39)2)15-24(38-40)31-29(28-23(35)13-20(34)14-26(28)44-10-9-41)32-22(6-11-45-32)30(37-31)18-4-5-21-19(12-18)16-36-33(21)43/h3-6,11-15,17,41H,1,7-10,16H2,2H3,(H,36,43)/t17-/m1/s1. The Hall–Kier alpha value is -4.94. The molecular formula is C33H27F2N5O4S. The molecule has 1 atom stereocenters. The zero-order valence-electron chi connectivity index (χ0n) is 24.1. The van der Waals surface area contributed by atoms with Crippen LogP contribution in [0.4, 0.5) is 8.78 Å². The molecule has 12 heteroatoms. The van der Waals surface area contributed by atoms with Crippen molar-refractivity contribution in [1.29, 1.82) is 0 Å². The summed E-state index contributed by atoms with van der Waals surface area (Å²) in [5.41, 5.74) is 4.72. The molecule has 2 amide bonds. The molecule has 7 rings (SSSR count). The molecule has 0 bridgehead atoms. The number of benzene rings is 2. The van der Waals surface area contributed by atoms with E-state index in [0.29, 0.717) is 52.5 Å². The molecule has 2 N–H and O–H groups in total. The molecule has 2 aromatic carbocycles. The molecule has 2 aliphatic heterocycles. The molecule has 228 valence electrons. The summed E-state index contributed by atoms with van der Waals surface area (Å²) in [6, 6.07) is 10.8. The SMILES string of the molecule is C=CC(=O)N1CCn2nc(-c3nc(-c4ccc5c(c4)CNC5=O)c4ccsc4c3-c3c(F)cc(F)cc3OCCO)cc2[C@H]1C. The number of hydrogen-bond acceptors (Lipinski definition) is 7. The number of aliphatic hydroxyl groups is 1. The number of thiophene rings is 1. The Labute approximate surface area is 260 Å². The number of aliphatic hydroxyl groups excluding tert-OH is 1. The molecular weight excluding hydrogens is 600 g/mol. The Morgan fingerprint density at radius 1 is 1.18 bits per heavy atom. The quantitative estimate of drug-likeness (QED) is 0.232. The van der Waals surface area contributed by atoms with Crippen LogP contribution in [-0.2, 0) is 17.9 Å². The van der Waals surface area contributed by atoms with Crippen LogP contribution in [-0.4, -0.2) is 56.3 Å². The number of aromatic nitrogens is 3. The van der Waals surface area contributed by atoms with Crippen LogP contribution in [0.25, 0.3) is 43.9 Å². The predicted molar refractivity (Wildman–Crippen MR) is 166 cm³/mol. The minimum absolute atomic E-state index is 0.00224. The van der Waals surface area contributed by atoms with E-state index in [9.17, 15) is 19.1 Å². The first-order valence-electron chi connectivity index (χ1n) is 14.4. The number of halogens is 2. The third-order valence-corrected chi connectivity index (χ3v) is 9.18. The second-order valence-electron chi connectivity index (χ2n) is 10.8. The molecule has 2 aliphatic rings. The largest absolute Gasteiger partial charge is 0.490 e. The maximum absolute atomic E-state index is 15.9. The monoisotopic (exact) mass is 627 g/mol. The van der Waals surface area contributed by atoms with Gasteiger partial charge in [-0.2, -0.15) is 5.10 Å². The maximum atomic E-state index is 15.9. The van der Waals surface area contributed by atoms with E-state index in [0.717, 1.165) is 34.3 Å². The van der Waals surface area contributed by atoms with Gasteiger partial charge >= 0.3 is 0 Å². The molecule has 0 fully saturated rings. The first-order chi connectivity index (χ1) is 21.8. The van der Waals surface area contributed by atoms with Crippen molar-refractivity contribution in [2.24, 2.45) is 0 Å². The van der Waals surface area contributed by atoms with Crippen LogP contribution in [0, 0.1) is 11.6 Å². The molecule has 0 radical (unpaired) electrons. The van der Waals surface area contributed by atoms with Crippen LogP contribution in [0.15, 0.2) is 60.5 Å². The first-order valence-corrected chi connectivity index (χ1v) is 15.2. The van der Waals surface area contributed by atoms with Crippen molar-refractivity contribution in [3.05, 3.63) is 89.0 Å². The number of ether oxygens (including phenoxy) is 1. The van der Waals surface area contributed by atoms with Crippen LogP contribution in [0.2, 0.25) is 0 Å². The van der Waals surface area contributed by atoms with E-state index in [-0.39, 0.29) is 42.4 Å². The van der Waals surface area contributed by atoms with Crippen molar-refractivity contribution in [3.8, 4) is 39.5 Å². The highest BCUT2D eigenvalue weighted by Crippen LogP contribution is 2.47. The number of carbonyl (C=O) groups excluding carboxylic acids is 2. The molecule has 45 heavy (non-hydrogen) atoms. The van der Waals surface area contributed by atoms with Crippen LogP contribution in [0.5, 0.6) is 5.75 Å². The lowest BCUT2D eigenvalue weighted by atomic mass is 9.95. The van der Waals surface area contributed by atoms with E-state index in [4.69, 9.17) is 14.8 Å². The molecule has 5 heterocycles. The third kappa shape index (κ3) is 4.77. The first kappa shape index (κ1) is 28.8. The fourth-order valence-electron chi connectivity index (χ4n) is 6.14. The second kappa shape index (κ2) is 11.2. The number of pyridine rings is 1. The van der Waals surface area contributed by atoms with E-state index < -0.39 is 11.6 Å². The Bertz CT molecular complexity index is 2040. The van der Waals surface area contributed by atoms with E-state index in [1.165, 1.54) is 17.4 Å². The van der Waals surface area contributed by atoms with Crippen LogP contribution >= 0.6 is 11.3 Å². The predicted octanol–water partition coefficient (Wildman–Crippen LogP) is 5.48. The summed E-state index contributed by atoms with van der Waals surface area (Å²) in [5.74, 6) is -2.08. The number of fused-ring (bicyclic) bond motifs is 3. The summed E-state index contributed by atoms with van der Waals surface area (Å²) in [7, 11) is 0. The number of nitrogens with one attached hydrogen (secondary N) is 1. The minimum atomic E-state index is -0.851. The molecule has 0 aliphatic carbocycles. The molecule has 5 aromatic rings. The van der Waals surface area contributed by atoms with E-state index in [1.807, 2.05) is 41.3 Å². The molecule has 0 unspecified atom stereocenters. The highest BCUT2D eigenvalue weighted by Gasteiger charge is 2.31. The van der Waals surface area contributed by atoms with Gasteiger partial charge in [0.25, 0.3) is 5.91 Å². The minimum Gasteiger partial charge on any atom is -0.490 e. The van der Waals surface area contributed by atoms with Gasteiger partial charge in [-0.3, -0.25) is 14.3 Å². The van der Waals surface area contributed by atoms with Crippen molar-refractivity contribution < 1.29 is 28.2 Å². The zero-order valence-corrected chi connectivity index (χ0v) is 25.0. The summed E-state index contributed by atoms with van der Waals surface area (Å²) in [5, 5.41) is 19.8. The van der Waals surface area contributed by atoms with Gasteiger partial charge in [0.15, 0.2) is 0 Å². The average molecular weight is 628 g/mol. The van der Waals surface area contributed by atoms with Crippen molar-refractivity contribution in [1.82, 2.24) is 25.0 Å². The van der Waals surface area contributed by atoms with Gasteiger partial charge < -0.3 is 20.1 Å². The Morgan fingerprint density at radius 2 is 2.02 bits per heavy atom. The van der Waals surface area contributed by atoms with Gasteiger partial charge in [-0.15, -0.1) is 11.3 Å². The molecule has 3 aromatic heterocycles. The average Bonchev–Trinajstić information content (AvgIpc) is 3.78. The van der Waals surface area contributed by atoms with Crippen LogP contribution < -0.4 is 10.1 Å². The number of hydrogen-bond donors (Lipinski definition) is 2. The molecule has 0 saturated heterocycles. The van der Waals surface area contributed by atoms with Crippen molar-refractivity contribution in [3.63, 3.8) is 0 Å². The Kier molecular flexibility index (Phi) is 7.17. The Balaban J connectivity index is 1.50.